The van der Waals surface area contributed by atoms with Crippen molar-refractivity contribution in [3.05, 3.63) is 69.8 Å². The van der Waals surface area contributed by atoms with Crippen LogP contribution in [0.15, 0.2) is 36.4 Å². The predicted octanol–water partition coefficient (Wildman–Crippen LogP) is 5.17. The maximum Gasteiger partial charge on any atom is 0.150 e. The lowest BCUT2D eigenvalue weighted by Gasteiger charge is -2.14. The molecule has 0 bridgehead atoms. The highest BCUT2D eigenvalue weighted by Gasteiger charge is 2.27. The van der Waals surface area contributed by atoms with E-state index in [1.807, 2.05) is 24.3 Å². The third-order valence-corrected chi connectivity index (χ3v) is 5.39. The zero-order valence-electron chi connectivity index (χ0n) is 15.3. The molecule has 130 valence electrons. The average molecular weight is 334 g/mol. The third-order valence-electron chi connectivity index (χ3n) is 5.39. The van der Waals surface area contributed by atoms with Crippen LogP contribution in [-0.4, -0.2) is 12.6 Å². The van der Waals surface area contributed by atoms with Gasteiger partial charge in [-0.3, -0.25) is 9.59 Å². The number of aryl methyl sites for hydroxylation is 1. The zero-order valence-corrected chi connectivity index (χ0v) is 15.3. The molecule has 0 saturated heterocycles. The van der Waals surface area contributed by atoms with Crippen molar-refractivity contribution in [3.63, 3.8) is 0 Å². The van der Waals surface area contributed by atoms with Crippen LogP contribution in [0.1, 0.15) is 76.1 Å². The Morgan fingerprint density at radius 3 is 2.16 bits per heavy atom. The van der Waals surface area contributed by atoms with Crippen LogP contribution in [0.5, 0.6) is 0 Å². The number of hydrogen-bond acceptors (Lipinski definition) is 2. The van der Waals surface area contributed by atoms with Crippen LogP contribution in [0.2, 0.25) is 0 Å². The molecule has 0 saturated carbocycles. The van der Waals surface area contributed by atoms with E-state index in [0.717, 1.165) is 36.5 Å². The lowest BCUT2D eigenvalue weighted by Crippen LogP contribution is -2.09. The smallest absolute Gasteiger partial charge is 0.150 e. The SMILES string of the molecule is CC1(C)Cc2ccc(C=O)cc2C1.CC1CCc2ccc(C=O)cc21. The number of hydrogen-bond donors (Lipinski definition) is 0. The van der Waals surface area contributed by atoms with Gasteiger partial charge >= 0.3 is 0 Å². The van der Waals surface area contributed by atoms with E-state index in [2.05, 4.69) is 32.9 Å². The maximum atomic E-state index is 10.6. The summed E-state index contributed by atoms with van der Waals surface area (Å²) in [6.45, 7) is 6.77. The first-order chi connectivity index (χ1) is 11.9. The fraction of sp³-hybridized carbons (Fsp3) is 0.391. The largest absolute Gasteiger partial charge is 0.298 e. The Morgan fingerprint density at radius 2 is 1.48 bits per heavy atom. The minimum Gasteiger partial charge on any atom is -0.298 e. The summed E-state index contributed by atoms with van der Waals surface area (Å²) in [7, 11) is 0. The summed E-state index contributed by atoms with van der Waals surface area (Å²) in [6, 6.07) is 12.0. The van der Waals surface area contributed by atoms with Crippen molar-refractivity contribution < 1.29 is 9.59 Å². The van der Waals surface area contributed by atoms with Crippen molar-refractivity contribution in [2.24, 2.45) is 5.41 Å². The van der Waals surface area contributed by atoms with Crippen LogP contribution >= 0.6 is 0 Å². The summed E-state index contributed by atoms with van der Waals surface area (Å²) in [5, 5.41) is 0. The van der Waals surface area contributed by atoms with Crippen LogP contribution < -0.4 is 0 Å². The molecule has 1 unspecified atom stereocenters. The molecule has 0 radical (unpaired) electrons. The minimum atomic E-state index is 0.379. The summed E-state index contributed by atoms with van der Waals surface area (Å²) in [5.74, 6) is 0.639. The lowest BCUT2D eigenvalue weighted by molar-refractivity contribution is 0.111. The van der Waals surface area contributed by atoms with Crippen LogP contribution in [-0.2, 0) is 19.3 Å². The van der Waals surface area contributed by atoms with Gasteiger partial charge in [0.15, 0.2) is 0 Å². The molecule has 0 heterocycles. The summed E-state index contributed by atoms with van der Waals surface area (Å²) < 4.78 is 0. The number of aldehydes is 2. The van der Waals surface area contributed by atoms with E-state index in [4.69, 9.17) is 0 Å². The quantitative estimate of drug-likeness (QED) is 0.710. The first kappa shape index (κ1) is 17.6. The molecule has 4 rings (SSSR count). The van der Waals surface area contributed by atoms with Crippen molar-refractivity contribution in [2.75, 3.05) is 0 Å². The second kappa shape index (κ2) is 6.95. The van der Waals surface area contributed by atoms with Gasteiger partial charge in [0.05, 0.1) is 0 Å². The first-order valence-corrected chi connectivity index (χ1v) is 9.07. The van der Waals surface area contributed by atoms with Gasteiger partial charge in [-0.25, -0.2) is 0 Å². The van der Waals surface area contributed by atoms with Crippen LogP contribution in [0.3, 0.4) is 0 Å². The molecular weight excluding hydrogens is 308 g/mol. The number of fused-ring (bicyclic) bond motifs is 2. The molecule has 2 aromatic carbocycles. The maximum absolute atomic E-state index is 10.6. The Labute approximate surface area is 150 Å². The molecule has 2 nitrogen and oxygen atoms in total. The van der Waals surface area contributed by atoms with Crippen molar-refractivity contribution >= 4 is 12.6 Å². The van der Waals surface area contributed by atoms with E-state index in [0.29, 0.717) is 11.3 Å². The zero-order chi connectivity index (χ0) is 18.0. The summed E-state index contributed by atoms with van der Waals surface area (Å²) in [5.41, 5.74) is 7.56. The van der Waals surface area contributed by atoms with E-state index in [9.17, 15) is 9.59 Å². The normalized spacial score (nSPS) is 19.4. The highest BCUT2D eigenvalue weighted by molar-refractivity contribution is 5.76. The average Bonchev–Trinajstić information content (AvgIpc) is 3.12. The van der Waals surface area contributed by atoms with Gasteiger partial charge in [-0.1, -0.05) is 45.0 Å². The van der Waals surface area contributed by atoms with E-state index < -0.39 is 0 Å². The molecule has 2 aliphatic rings. The molecular formula is C23H26O2. The van der Waals surface area contributed by atoms with Gasteiger partial charge in [0, 0.05) is 11.1 Å². The van der Waals surface area contributed by atoms with Crippen LogP contribution in [0.25, 0.3) is 0 Å². The Hall–Kier alpha value is -2.22. The molecule has 2 aromatic rings. The minimum absolute atomic E-state index is 0.379. The molecule has 0 aromatic heterocycles. The number of rotatable bonds is 2. The molecule has 2 heteroatoms. The van der Waals surface area contributed by atoms with Gasteiger partial charge in [0.2, 0.25) is 0 Å². The van der Waals surface area contributed by atoms with E-state index in [1.165, 1.54) is 35.1 Å². The summed E-state index contributed by atoms with van der Waals surface area (Å²) in [4.78, 5) is 21.1. The lowest BCUT2D eigenvalue weighted by atomic mass is 9.90. The molecule has 2 aliphatic carbocycles. The van der Waals surface area contributed by atoms with Crippen molar-refractivity contribution in [1.82, 2.24) is 0 Å². The van der Waals surface area contributed by atoms with Crippen LogP contribution in [0.4, 0.5) is 0 Å². The fourth-order valence-electron chi connectivity index (χ4n) is 4.05. The van der Waals surface area contributed by atoms with Gasteiger partial charge in [-0.05, 0) is 71.4 Å². The monoisotopic (exact) mass is 334 g/mol. The Bertz CT molecular complexity index is 802. The third kappa shape index (κ3) is 3.89. The van der Waals surface area contributed by atoms with Crippen molar-refractivity contribution in [2.45, 2.75) is 52.4 Å². The van der Waals surface area contributed by atoms with Crippen molar-refractivity contribution in [3.8, 4) is 0 Å². The Morgan fingerprint density at radius 1 is 0.880 bits per heavy atom. The van der Waals surface area contributed by atoms with Crippen molar-refractivity contribution in [1.29, 1.82) is 0 Å². The highest BCUT2D eigenvalue weighted by Crippen LogP contribution is 2.36. The van der Waals surface area contributed by atoms with Gasteiger partial charge in [-0.2, -0.15) is 0 Å². The highest BCUT2D eigenvalue weighted by atomic mass is 16.1. The summed E-state index contributed by atoms with van der Waals surface area (Å²) >= 11 is 0. The van der Waals surface area contributed by atoms with E-state index in [-0.39, 0.29) is 0 Å². The molecule has 25 heavy (non-hydrogen) atoms. The number of carbonyl (C=O) groups excluding carboxylic acids is 2. The molecule has 0 spiro atoms. The van der Waals surface area contributed by atoms with Gasteiger partial charge in [0.25, 0.3) is 0 Å². The molecule has 1 atom stereocenters. The van der Waals surface area contributed by atoms with Gasteiger partial charge < -0.3 is 0 Å². The molecule has 0 amide bonds. The number of carbonyl (C=O) groups is 2. The second-order valence-corrected chi connectivity index (χ2v) is 8.18. The van der Waals surface area contributed by atoms with E-state index >= 15 is 0 Å². The molecule has 0 aliphatic heterocycles. The Balaban J connectivity index is 0.000000146. The predicted molar refractivity (Wildman–Crippen MR) is 102 cm³/mol. The first-order valence-electron chi connectivity index (χ1n) is 9.07. The van der Waals surface area contributed by atoms with Gasteiger partial charge in [-0.15, -0.1) is 0 Å². The summed E-state index contributed by atoms with van der Waals surface area (Å²) in [6.07, 6.45) is 6.50. The second-order valence-electron chi connectivity index (χ2n) is 8.18. The molecule has 0 N–H and O–H groups in total. The van der Waals surface area contributed by atoms with Crippen LogP contribution in [0, 0.1) is 5.41 Å². The molecule has 0 fully saturated rings. The Kier molecular flexibility index (Phi) is 4.89. The van der Waals surface area contributed by atoms with Gasteiger partial charge in [0.1, 0.15) is 12.6 Å². The fourth-order valence-corrected chi connectivity index (χ4v) is 4.05. The van der Waals surface area contributed by atoms with E-state index in [1.54, 1.807) is 0 Å². The standard InChI is InChI=1S/C12H14O.C11H12O/c1-12(2)6-10-4-3-9(8-13)5-11(10)7-12;1-8-2-4-10-5-3-9(7-12)6-11(8)10/h3-5,8H,6-7H2,1-2H3;3,5-8H,2,4H2,1H3. The number of benzene rings is 2. The topological polar surface area (TPSA) is 34.1 Å².